The van der Waals surface area contributed by atoms with Gasteiger partial charge in [0.05, 0.1) is 4.92 Å². The van der Waals surface area contributed by atoms with Gasteiger partial charge in [-0.25, -0.2) is 0 Å². The normalized spacial score (nSPS) is 10.5. The average Bonchev–Trinajstić information content (AvgIpc) is 2.46. The molecule has 2 aromatic rings. The van der Waals surface area contributed by atoms with Crippen molar-refractivity contribution < 1.29 is 9.72 Å². The first kappa shape index (κ1) is 12.6. The van der Waals surface area contributed by atoms with E-state index >= 15 is 0 Å². The number of carbonyl (C=O) groups is 1. The summed E-state index contributed by atoms with van der Waals surface area (Å²) in [5.74, 6) is -0.172. The highest BCUT2D eigenvalue weighted by Crippen LogP contribution is 2.14. The van der Waals surface area contributed by atoms with Crippen LogP contribution in [0.3, 0.4) is 0 Å². The van der Waals surface area contributed by atoms with Crippen molar-refractivity contribution in [1.29, 1.82) is 0 Å². The number of ketones is 1. The Hall–Kier alpha value is -2.82. The van der Waals surface area contributed by atoms with Crippen molar-refractivity contribution in [3.8, 4) is 0 Å². The quantitative estimate of drug-likeness (QED) is 0.364. The molecule has 94 valence electrons. The van der Waals surface area contributed by atoms with Crippen LogP contribution in [0.1, 0.15) is 15.9 Å². The monoisotopic (exact) mass is 254 g/mol. The van der Waals surface area contributed by atoms with Crippen LogP contribution in [0, 0.1) is 10.1 Å². The van der Waals surface area contributed by atoms with Gasteiger partial charge in [0.25, 0.3) is 5.69 Å². The van der Waals surface area contributed by atoms with Gasteiger partial charge in [0, 0.05) is 30.1 Å². The molecule has 0 saturated carbocycles. The number of hydrogen-bond acceptors (Lipinski definition) is 4. The van der Waals surface area contributed by atoms with E-state index in [4.69, 9.17) is 0 Å². The minimum absolute atomic E-state index is 0.00138. The summed E-state index contributed by atoms with van der Waals surface area (Å²) in [7, 11) is 0. The van der Waals surface area contributed by atoms with Crippen LogP contribution >= 0.6 is 0 Å². The van der Waals surface area contributed by atoms with Crippen LogP contribution in [0.4, 0.5) is 5.69 Å². The summed E-state index contributed by atoms with van der Waals surface area (Å²) in [5.41, 5.74) is 1.13. The smallest absolute Gasteiger partial charge is 0.270 e. The third-order valence-electron chi connectivity index (χ3n) is 2.47. The van der Waals surface area contributed by atoms with E-state index in [2.05, 4.69) is 4.98 Å². The van der Waals surface area contributed by atoms with Gasteiger partial charge in [0.2, 0.25) is 0 Å². The summed E-state index contributed by atoms with van der Waals surface area (Å²) in [6.07, 6.45) is 6.01. The Labute approximate surface area is 109 Å². The molecule has 5 heteroatoms. The Morgan fingerprint density at radius 3 is 2.63 bits per heavy atom. The number of nitrogens with zero attached hydrogens (tertiary/aromatic N) is 2. The molecule has 0 aliphatic heterocycles. The lowest BCUT2D eigenvalue weighted by molar-refractivity contribution is -0.384. The largest absolute Gasteiger partial charge is 0.289 e. The van der Waals surface area contributed by atoms with Crippen molar-refractivity contribution in [3.05, 3.63) is 76.1 Å². The first-order valence-corrected chi connectivity index (χ1v) is 5.54. The molecule has 0 saturated heterocycles. The van der Waals surface area contributed by atoms with E-state index in [1.165, 1.54) is 30.6 Å². The lowest BCUT2D eigenvalue weighted by atomic mass is 10.1. The maximum Gasteiger partial charge on any atom is 0.270 e. The van der Waals surface area contributed by atoms with Gasteiger partial charge in [0.1, 0.15) is 0 Å². The van der Waals surface area contributed by atoms with Crippen molar-refractivity contribution >= 4 is 17.5 Å². The highest BCUT2D eigenvalue weighted by Gasteiger charge is 2.04. The zero-order chi connectivity index (χ0) is 13.7. The van der Waals surface area contributed by atoms with Crippen molar-refractivity contribution in [2.45, 2.75) is 0 Å². The lowest BCUT2D eigenvalue weighted by Gasteiger charge is -1.95. The Balaban J connectivity index is 2.17. The molecule has 5 nitrogen and oxygen atoms in total. The fraction of sp³-hybridized carbons (Fsp3) is 0. The molecular formula is C14H10N2O3. The van der Waals surface area contributed by atoms with Gasteiger partial charge in [-0.05, 0) is 23.8 Å². The van der Waals surface area contributed by atoms with Crippen LogP contribution in [0.2, 0.25) is 0 Å². The summed E-state index contributed by atoms with van der Waals surface area (Å²) in [5, 5.41) is 10.6. The minimum Gasteiger partial charge on any atom is -0.289 e. The average molecular weight is 254 g/mol. The number of nitro benzene ring substituents is 1. The number of hydrogen-bond donors (Lipinski definition) is 0. The van der Waals surface area contributed by atoms with E-state index in [-0.39, 0.29) is 11.5 Å². The molecule has 1 aromatic carbocycles. The van der Waals surface area contributed by atoms with Crippen LogP contribution in [0.15, 0.2) is 54.9 Å². The molecular weight excluding hydrogens is 244 g/mol. The van der Waals surface area contributed by atoms with Crippen LogP contribution in [0.5, 0.6) is 0 Å². The summed E-state index contributed by atoms with van der Waals surface area (Å²) >= 11 is 0. The number of rotatable bonds is 4. The Morgan fingerprint density at radius 2 is 1.95 bits per heavy atom. The SMILES string of the molecule is O=C(C=Cc1cccc([N+](=O)[O-])c1)c1ccncc1. The van der Waals surface area contributed by atoms with Crippen molar-refractivity contribution in [2.75, 3.05) is 0 Å². The zero-order valence-electron chi connectivity index (χ0n) is 9.89. The molecule has 0 fully saturated rings. The van der Waals surface area contributed by atoms with Crippen LogP contribution in [-0.2, 0) is 0 Å². The maximum absolute atomic E-state index is 11.8. The second-order valence-corrected chi connectivity index (χ2v) is 3.79. The van der Waals surface area contributed by atoms with E-state index in [0.717, 1.165) is 0 Å². The molecule has 0 N–H and O–H groups in total. The van der Waals surface area contributed by atoms with Crippen LogP contribution < -0.4 is 0 Å². The highest BCUT2D eigenvalue weighted by molar-refractivity contribution is 6.06. The van der Waals surface area contributed by atoms with E-state index < -0.39 is 4.92 Å². The molecule has 2 rings (SSSR count). The number of nitro groups is 1. The number of allylic oxidation sites excluding steroid dienone is 1. The van der Waals surface area contributed by atoms with Gasteiger partial charge < -0.3 is 0 Å². The first-order chi connectivity index (χ1) is 9.16. The fourth-order valence-electron chi connectivity index (χ4n) is 1.53. The van der Waals surface area contributed by atoms with Gasteiger partial charge in [-0.3, -0.25) is 19.9 Å². The fourth-order valence-corrected chi connectivity index (χ4v) is 1.53. The standard InChI is InChI=1S/C14H10N2O3/c17-14(12-6-8-15-9-7-12)5-4-11-2-1-3-13(10-11)16(18)19/h1-10H. The lowest BCUT2D eigenvalue weighted by Crippen LogP contribution is -1.93. The topological polar surface area (TPSA) is 73.1 Å². The zero-order valence-corrected chi connectivity index (χ0v) is 9.89. The Morgan fingerprint density at radius 1 is 1.21 bits per heavy atom. The minimum atomic E-state index is -0.470. The Kier molecular flexibility index (Phi) is 3.78. The first-order valence-electron chi connectivity index (χ1n) is 5.54. The van der Waals surface area contributed by atoms with Gasteiger partial charge in [0.15, 0.2) is 5.78 Å². The number of aromatic nitrogens is 1. The second kappa shape index (κ2) is 5.68. The second-order valence-electron chi connectivity index (χ2n) is 3.79. The predicted molar refractivity (Wildman–Crippen MR) is 70.7 cm³/mol. The molecule has 0 atom stereocenters. The molecule has 1 aromatic heterocycles. The summed E-state index contributed by atoms with van der Waals surface area (Å²) in [6.45, 7) is 0. The third kappa shape index (κ3) is 3.32. The van der Waals surface area contributed by atoms with Crippen molar-refractivity contribution in [3.63, 3.8) is 0 Å². The van der Waals surface area contributed by atoms with Gasteiger partial charge in [-0.1, -0.05) is 18.2 Å². The van der Waals surface area contributed by atoms with E-state index in [9.17, 15) is 14.9 Å². The molecule has 0 aliphatic carbocycles. The number of carbonyl (C=O) groups excluding carboxylic acids is 1. The molecule has 0 aliphatic rings. The summed E-state index contributed by atoms with van der Waals surface area (Å²) in [6, 6.07) is 9.32. The predicted octanol–water partition coefficient (Wildman–Crippen LogP) is 2.89. The van der Waals surface area contributed by atoms with E-state index in [1.807, 2.05) is 0 Å². The number of benzene rings is 1. The summed E-state index contributed by atoms with van der Waals surface area (Å²) in [4.78, 5) is 25.8. The molecule has 0 bridgehead atoms. The van der Waals surface area contributed by atoms with Gasteiger partial charge >= 0.3 is 0 Å². The molecule has 0 radical (unpaired) electrons. The van der Waals surface area contributed by atoms with Gasteiger partial charge in [-0.15, -0.1) is 0 Å². The molecule has 0 amide bonds. The van der Waals surface area contributed by atoms with Crippen molar-refractivity contribution in [1.82, 2.24) is 4.98 Å². The molecule has 0 spiro atoms. The Bertz CT molecular complexity index is 636. The van der Waals surface area contributed by atoms with Crippen LogP contribution in [0.25, 0.3) is 6.08 Å². The summed E-state index contributed by atoms with van der Waals surface area (Å²) < 4.78 is 0. The van der Waals surface area contributed by atoms with Crippen molar-refractivity contribution in [2.24, 2.45) is 0 Å². The highest BCUT2D eigenvalue weighted by atomic mass is 16.6. The molecule has 0 unspecified atom stereocenters. The number of non-ortho nitro benzene ring substituents is 1. The number of pyridine rings is 1. The van der Waals surface area contributed by atoms with Gasteiger partial charge in [-0.2, -0.15) is 0 Å². The van der Waals surface area contributed by atoms with E-state index in [1.54, 1.807) is 30.3 Å². The maximum atomic E-state index is 11.8. The van der Waals surface area contributed by atoms with E-state index in [0.29, 0.717) is 11.1 Å². The molecule has 1 heterocycles. The van der Waals surface area contributed by atoms with Crippen LogP contribution in [-0.4, -0.2) is 15.7 Å². The third-order valence-corrected chi connectivity index (χ3v) is 2.47. The molecule has 19 heavy (non-hydrogen) atoms.